The van der Waals surface area contributed by atoms with E-state index in [9.17, 15) is 21.6 Å². The molecule has 0 unspecified atom stereocenters. The summed E-state index contributed by atoms with van der Waals surface area (Å²) < 4.78 is 52.0. The molecule has 2 N–H and O–H groups in total. The number of Topliss-reactive ketones (excluding diaryl/α,β-unsaturated/α-hetero) is 1. The second-order valence-corrected chi connectivity index (χ2v) is 9.38. The van der Waals surface area contributed by atoms with E-state index < -0.39 is 20.1 Å². The van der Waals surface area contributed by atoms with Crippen LogP contribution in [0.2, 0.25) is 0 Å². The van der Waals surface area contributed by atoms with Crippen molar-refractivity contribution >= 4 is 32.0 Å². The van der Waals surface area contributed by atoms with Gasteiger partial charge >= 0.3 is 10.3 Å². The van der Waals surface area contributed by atoms with Gasteiger partial charge < -0.3 is 4.18 Å². The molecule has 2 aliphatic rings. The lowest BCUT2D eigenvalue weighted by Gasteiger charge is -2.13. The van der Waals surface area contributed by atoms with Crippen LogP contribution in [0, 0.1) is 5.92 Å². The third-order valence-corrected chi connectivity index (χ3v) is 6.79. The molecule has 1 aliphatic heterocycles. The largest absolute Gasteiger partial charge is 0.380 e. The monoisotopic (exact) mass is 385 g/mol. The zero-order valence-corrected chi connectivity index (χ0v) is 15.1. The molecule has 0 aromatic heterocycles. The standard InChI is InChI=1S/C16H19NO6S2/c17-25(21,22)23-13-8-7-12-9-15(24(19,20)14(12)10-13)16(18)11-5-3-1-2-4-6-11/h7-11H,1-6H2,(H2,17,21,22). The van der Waals surface area contributed by atoms with Crippen molar-refractivity contribution in [2.75, 3.05) is 0 Å². The first kappa shape index (κ1) is 18.1. The molecule has 1 saturated carbocycles. The first-order valence-electron chi connectivity index (χ1n) is 8.06. The van der Waals surface area contributed by atoms with Gasteiger partial charge in [0.15, 0.2) is 5.78 Å². The van der Waals surface area contributed by atoms with Gasteiger partial charge in [0.1, 0.15) is 10.7 Å². The van der Waals surface area contributed by atoms with Crippen molar-refractivity contribution in [3.63, 3.8) is 0 Å². The van der Waals surface area contributed by atoms with Gasteiger partial charge in [-0.1, -0.05) is 25.7 Å². The van der Waals surface area contributed by atoms with E-state index in [1.54, 1.807) is 0 Å². The third-order valence-electron chi connectivity index (χ3n) is 4.53. The van der Waals surface area contributed by atoms with Crippen LogP contribution in [-0.2, 0) is 24.9 Å². The number of sulfone groups is 1. The Bertz CT molecular complexity index is 939. The maximum absolute atomic E-state index is 12.8. The van der Waals surface area contributed by atoms with Gasteiger partial charge in [0.05, 0.1) is 4.90 Å². The van der Waals surface area contributed by atoms with Crippen LogP contribution in [0.1, 0.15) is 44.1 Å². The summed E-state index contributed by atoms with van der Waals surface area (Å²) in [6.45, 7) is 0. The molecule has 1 fully saturated rings. The van der Waals surface area contributed by atoms with Crippen molar-refractivity contribution in [3.8, 4) is 5.75 Å². The first-order chi connectivity index (χ1) is 11.7. The van der Waals surface area contributed by atoms with Gasteiger partial charge in [-0.2, -0.15) is 13.6 Å². The Labute approximate surface area is 147 Å². The average Bonchev–Trinajstić information content (AvgIpc) is 2.71. The molecule has 9 heteroatoms. The van der Waals surface area contributed by atoms with Crippen LogP contribution in [-0.4, -0.2) is 22.6 Å². The summed E-state index contributed by atoms with van der Waals surface area (Å²) >= 11 is 0. The quantitative estimate of drug-likeness (QED) is 0.791. The summed E-state index contributed by atoms with van der Waals surface area (Å²) in [4.78, 5) is 12.4. The topological polar surface area (TPSA) is 121 Å². The predicted molar refractivity (Wildman–Crippen MR) is 91.5 cm³/mol. The summed E-state index contributed by atoms with van der Waals surface area (Å²) in [7, 11) is -8.25. The van der Waals surface area contributed by atoms with Crippen LogP contribution < -0.4 is 9.32 Å². The molecular weight excluding hydrogens is 366 g/mol. The highest BCUT2D eigenvalue weighted by molar-refractivity contribution is 7.96. The zero-order chi connectivity index (χ0) is 18.2. The van der Waals surface area contributed by atoms with Crippen LogP contribution in [0.5, 0.6) is 5.75 Å². The fourth-order valence-corrected chi connectivity index (χ4v) is 5.37. The summed E-state index contributed by atoms with van der Waals surface area (Å²) in [5.41, 5.74) is 0.346. The van der Waals surface area contributed by atoms with E-state index in [-0.39, 0.29) is 27.3 Å². The van der Waals surface area contributed by atoms with E-state index in [0.29, 0.717) is 18.4 Å². The van der Waals surface area contributed by atoms with Crippen molar-refractivity contribution in [3.05, 3.63) is 28.7 Å². The third kappa shape index (κ3) is 3.78. The lowest BCUT2D eigenvalue weighted by atomic mass is 9.94. The van der Waals surface area contributed by atoms with Crippen molar-refractivity contribution in [2.45, 2.75) is 43.4 Å². The molecular formula is C16H19NO6S2. The van der Waals surface area contributed by atoms with Gasteiger partial charge in [-0.25, -0.2) is 8.42 Å². The van der Waals surface area contributed by atoms with Crippen LogP contribution >= 0.6 is 0 Å². The number of nitrogens with two attached hydrogens (primary N) is 1. The van der Waals surface area contributed by atoms with Crippen LogP contribution in [0.25, 0.3) is 6.08 Å². The number of rotatable bonds is 4. The number of carbonyl (C=O) groups excluding carboxylic acids is 1. The van der Waals surface area contributed by atoms with Crippen LogP contribution in [0.15, 0.2) is 28.0 Å². The molecule has 1 aromatic rings. The summed E-state index contributed by atoms with van der Waals surface area (Å²) in [6, 6.07) is 3.79. The molecule has 0 spiro atoms. The molecule has 0 saturated heterocycles. The molecule has 0 amide bonds. The fraction of sp³-hybridized carbons (Fsp3) is 0.438. The highest BCUT2D eigenvalue weighted by Gasteiger charge is 2.37. The van der Waals surface area contributed by atoms with E-state index in [1.807, 2.05) is 0 Å². The number of allylic oxidation sites excluding steroid dienone is 1. The zero-order valence-electron chi connectivity index (χ0n) is 13.5. The van der Waals surface area contributed by atoms with Crippen molar-refractivity contribution in [1.82, 2.24) is 0 Å². The normalized spacial score (nSPS) is 20.4. The Kier molecular flexibility index (Phi) is 4.74. The van der Waals surface area contributed by atoms with Crippen molar-refractivity contribution < 1.29 is 25.8 Å². The van der Waals surface area contributed by atoms with Gasteiger partial charge in [0.2, 0.25) is 9.84 Å². The van der Waals surface area contributed by atoms with Crippen molar-refractivity contribution in [1.29, 1.82) is 0 Å². The lowest BCUT2D eigenvalue weighted by molar-refractivity contribution is -0.118. The maximum Gasteiger partial charge on any atom is 0.380 e. The number of ketones is 1. The van der Waals surface area contributed by atoms with E-state index >= 15 is 0 Å². The van der Waals surface area contributed by atoms with Gasteiger partial charge in [0.25, 0.3) is 0 Å². The van der Waals surface area contributed by atoms with Gasteiger partial charge in [-0.05, 0) is 36.6 Å². The molecule has 1 heterocycles. The number of benzene rings is 1. The molecule has 1 aromatic carbocycles. The van der Waals surface area contributed by atoms with Gasteiger partial charge in [-0.3, -0.25) is 4.79 Å². The lowest BCUT2D eigenvalue weighted by Crippen LogP contribution is -2.20. The Hall–Kier alpha value is -1.71. The van der Waals surface area contributed by atoms with E-state index in [0.717, 1.165) is 31.7 Å². The van der Waals surface area contributed by atoms with Gasteiger partial charge in [-0.15, -0.1) is 0 Å². The summed E-state index contributed by atoms with van der Waals surface area (Å²) in [5, 5.41) is 4.80. The summed E-state index contributed by atoms with van der Waals surface area (Å²) in [6.07, 6.45) is 6.71. The summed E-state index contributed by atoms with van der Waals surface area (Å²) in [5.74, 6) is -0.841. The Morgan fingerprint density at radius 2 is 1.76 bits per heavy atom. The second kappa shape index (κ2) is 6.54. The highest BCUT2D eigenvalue weighted by atomic mass is 32.2. The molecule has 0 atom stereocenters. The molecule has 0 bridgehead atoms. The Morgan fingerprint density at radius 3 is 2.36 bits per heavy atom. The van der Waals surface area contributed by atoms with E-state index in [1.165, 1.54) is 18.2 Å². The number of hydrogen-bond acceptors (Lipinski definition) is 6. The number of hydrogen-bond donors (Lipinski definition) is 1. The number of carbonyl (C=O) groups is 1. The van der Waals surface area contributed by atoms with E-state index in [2.05, 4.69) is 4.18 Å². The van der Waals surface area contributed by atoms with Crippen LogP contribution in [0.3, 0.4) is 0 Å². The molecule has 7 nitrogen and oxygen atoms in total. The highest BCUT2D eigenvalue weighted by Crippen LogP contribution is 2.38. The average molecular weight is 385 g/mol. The van der Waals surface area contributed by atoms with Crippen LogP contribution in [0.4, 0.5) is 0 Å². The predicted octanol–water partition coefficient (Wildman–Crippen LogP) is 1.94. The fourth-order valence-electron chi connectivity index (χ4n) is 3.34. The molecule has 3 rings (SSSR count). The first-order valence-corrected chi connectivity index (χ1v) is 11.0. The second-order valence-electron chi connectivity index (χ2n) is 6.34. The minimum Gasteiger partial charge on any atom is -0.371 e. The smallest absolute Gasteiger partial charge is 0.371 e. The number of fused-ring (bicyclic) bond motifs is 1. The molecule has 0 radical (unpaired) electrons. The Morgan fingerprint density at radius 1 is 1.12 bits per heavy atom. The SMILES string of the molecule is NS(=O)(=O)Oc1ccc2c(c1)S(=O)(=O)C(C(=O)C1CCCCCC1)=C2. The van der Waals surface area contributed by atoms with Gasteiger partial charge in [0, 0.05) is 12.0 Å². The molecule has 1 aliphatic carbocycles. The minimum absolute atomic E-state index is 0.134. The minimum atomic E-state index is -4.26. The molecule has 136 valence electrons. The van der Waals surface area contributed by atoms with Crippen molar-refractivity contribution in [2.24, 2.45) is 11.1 Å². The maximum atomic E-state index is 12.8. The molecule has 25 heavy (non-hydrogen) atoms. The van der Waals surface area contributed by atoms with E-state index in [4.69, 9.17) is 5.14 Å². The Balaban J connectivity index is 1.92.